The first-order valence-electron chi connectivity index (χ1n) is 6.70. The van der Waals surface area contributed by atoms with Gasteiger partial charge in [0.05, 0.1) is 0 Å². The van der Waals surface area contributed by atoms with E-state index in [0.29, 0.717) is 6.04 Å². The summed E-state index contributed by atoms with van der Waals surface area (Å²) in [7, 11) is 0. The lowest BCUT2D eigenvalue weighted by Gasteiger charge is -2.18. The molecule has 96 valence electrons. The summed E-state index contributed by atoms with van der Waals surface area (Å²) in [6.45, 7) is 6.60. The molecule has 0 fully saturated rings. The van der Waals surface area contributed by atoms with Crippen molar-refractivity contribution >= 4 is 0 Å². The third kappa shape index (κ3) is 4.49. The first-order valence-corrected chi connectivity index (χ1v) is 6.70. The Hall–Kier alpha value is -0.860. The fourth-order valence-corrected chi connectivity index (χ4v) is 2.30. The number of rotatable bonds is 7. The molecule has 1 atom stereocenters. The summed E-state index contributed by atoms with van der Waals surface area (Å²) in [5.41, 5.74) is 7.17. The van der Waals surface area contributed by atoms with Gasteiger partial charge in [-0.3, -0.25) is 11.3 Å². The average Bonchev–Trinajstić information content (AvgIpc) is 2.32. The number of hydrogen-bond acceptors (Lipinski definition) is 2. The second kappa shape index (κ2) is 7.46. The van der Waals surface area contributed by atoms with Gasteiger partial charge in [0.15, 0.2) is 0 Å². The van der Waals surface area contributed by atoms with E-state index >= 15 is 0 Å². The molecule has 0 saturated carbocycles. The number of hydrazine groups is 1. The predicted octanol–water partition coefficient (Wildman–Crippen LogP) is 3.26. The lowest BCUT2D eigenvalue weighted by molar-refractivity contribution is 0.465. The van der Waals surface area contributed by atoms with Gasteiger partial charge < -0.3 is 0 Å². The molecule has 17 heavy (non-hydrogen) atoms. The van der Waals surface area contributed by atoms with E-state index < -0.39 is 0 Å². The first-order chi connectivity index (χ1) is 8.19. The normalized spacial score (nSPS) is 12.7. The molecule has 2 heteroatoms. The van der Waals surface area contributed by atoms with Crippen molar-refractivity contribution in [3.8, 4) is 0 Å². The zero-order chi connectivity index (χ0) is 12.7. The fraction of sp³-hybridized carbons (Fsp3) is 0.600. The molecule has 0 heterocycles. The number of aryl methyl sites for hydroxylation is 2. The van der Waals surface area contributed by atoms with Crippen LogP contribution in [0.3, 0.4) is 0 Å². The highest BCUT2D eigenvalue weighted by Crippen LogP contribution is 2.17. The van der Waals surface area contributed by atoms with E-state index in [1.54, 1.807) is 0 Å². The van der Waals surface area contributed by atoms with Crippen molar-refractivity contribution in [1.82, 2.24) is 5.43 Å². The van der Waals surface area contributed by atoms with Crippen molar-refractivity contribution < 1.29 is 0 Å². The Bertz CT molecular complexity index is 313. The van der Waals surface area contributed by atoms with E-state index in [2.05, 4.69) is 44.4 Å². The van der Waals surface area contributed by atoms with Crippen molar-refractivity contribution in [3.05, 3.63) is 34.9 Å². The van der Waals surface area contributed by atoms with Gasteiger partial charge in [-0.1, -0.05) is 44.4 Å². The summed E-state index contributed by atoms with van der Waals surface area (Å²) in [6.07, 6.45) is 6.03. The molecule has 1 aromatic rings. The summed E-state index contributed by atoms with van der Waals surface area (Å²) in [4.78, 5) is 0. The highest BCUT2D eigenvalue weighted by Gasteiger charge is 2.10. The standard InChI is InChI=1S/C15H26N2/c1-4-5-6-10-14(17-16)11-15-12(2)8-7-9-13(15)3/h7-9,14,17H,4-6,10-11,16H2,1-3H3. The summed E-state index contributed by atoms with van der Waals surface area (Å²) >= 11 is 0. The van der Waals surface area contributed by atoms with Gasteiger partial charge in [0, 0.05) is 6.04 Å². The van der Waals surface area contributed by atoms with Gasteiger partial charge in [-0.2, -0.15) is 0 Å². The lowest BCUT2D eigenvalue weighted by atomic mass is 9.94. The maximum absolute atomic E-state index is 5.65. The maximum Gasteiger partial charge on any atom is 0.0251 e. The third-order valence-electron chi connectivity index (χ3n) is 3.49. The second-order valence-electron chi connectivity index (χ2n) is 4.93. The van der Waals surface area contributed by atoms with E-state index in [0.717, 1.165) is 12.8 Å². The van der Waals surface area contributed by atoms with Crippen LogP contribution in [0.15, 0.2) is 18.2 Å². The maximum atomic E-state index is 5.65. The quantitative estimate of drug-likeness (QED) is 0.432. The third-order valence-corrected chi connectivity index (χ3v) is 3.49. The van der Waals surface area contributed by atoms with E-state index in [1.807, 2.05) is 0 Å². The van der Waals surface area contributed by atoms with Crippen molar-refractivity contribution in [1.29, 1.82) is 0 Å². The number of nitrogens with one attached hydrogen (secondary N) is 1. The summed E-state index contributed by atoms with van der Waals surface area (Å²) < 4.78 is 0. The Labute approximate surface area is 106 Å². The molecule has 0 bridgehead atoms. The average molecular weight is 234 g/mol. The largest absolute Gasteiger partial charge is 0.271 e. The summed E-state index contributed by atoms with van der Waals surface area (Å²) in [6, 6.07) is 6.89. The number of unbranched alkanes of at least 4 members (excludes halogenated alkanes) is 2. The van der Waals surface area contributed by atoms with Crippen molar-refractivity contribution in [3.63, 3.8) is 0 Å². The van der Waals surface area contributed by atoms with Crippen LogP contribution in [0.2, 0.25) is 0 Å². The minimum Gasteiger partial charge on any atom is -0.271 e. The molecule has 0 aliphatic heterocycles. The van der Waals surface area contributed by atoms with Crippen LogP contribution in [0.25, 0.3) is 0 Å². The van der Waals surface area contributed by atoms with Crippen LogP contribution in [0, 0.1) is 13.8 Å². The highest BCUT2D eigenvalue weighted by atomic mass is 15.2. The van der Waals surface area contributed by atoms with E-state index in [4.69, 9.17) is 5.84 Å². The highest BCUT2D eigenvalue weighted by molar-refractivity contribution is 5.34. The zero-order valence-electron chi connectivity index (χ0n) is 11.4. The minimum atomic E-state index is 0.404. The summed E-state index contributed by atoms with van der Waals surface area (Å²) in [5, 5.41) is 0. The van der Waals surface area contributed by atoms with Gasteiger partial charge >= 0.3 is 0 Å². The Morgan fingerprint density at radius 1 is 1.18 bits per heavy atom. The predicted molar refractivity (Wildman–Crippen MR) is 74.9 cm³/mol. The van der Waals surface area contributed by atoms with Crippen LogP contribution in [0.5, 0.6) is 0 Å². The Kier molecular flexibility index (Phi) is 6.23. The molecule has 0 spiro atoms. The summed E-state index contributed by atoms with van der Waals surface area (Å²) in [5.74, 6) is 5.65. The molecule has 0 radical (unpaired) electrons. The van der Waals surface area contributed by atoms with Crippen LogP contribution in [0.4, 0.5) is 0 Å². The van der Waals surface area contributed by atoms with Crippen LogP contribution < -0.4 is 11.3 Å². The monoisotopic (exact) mass is 234 g/mol. The molecule has 1 rings (SSSR count). The van der Waals surface area contributed by atoms with Crippen LogP contribution in [0.1, 0.15) is 49.3 Å². The SMILES string of the molecule is CCCCCC(Cc1c(C)cccc1C)NN. The Morgan fingerprint density at radius 3 is 2.35 bits per heavy atom. The van der Waals surface area contributed by atoms with E-state index in [1.165, 1.54) is 36.0 Å². The first kappa shape index (κ1) is 14.2. The number of nitrogens with two attached hydrogens (primary N) is 1. The van der Waals surface area contributed by atoms with Gasteiger partial charge in [0.25, 0.3) is 0 Å². The smallest absolute Gasteiger partial charge is 0.0251 e. The topological polar surface area (TPSA) is 38.0 Å². The Morgan fingerprint density at radius 2 is 1.82 bits per heavy atom. The zero-order valence-corrected chi connectivity index (χ0v) is 11.4. The molecule has 1 aromatic carbocycles. The number of hydrogen-bond donors (Lipinski definition) is 2. The van der Waals surface area contributed by atoms with E-state index in [9.17, 15) is 0 Å². The molecule has 0 aromatic heterocycles. The molecule has 0 aliphatic rings. The van der Waals surface area contributed by atoms with Crippen molar-refractivity contribution in [2.24, 2.45) is 5.84 Å². The molecule has 3 N–H and O–H groups in total. The van der Waals surface area contributed by atoms with Gasteiger partial charge in [-0.15, -0.1) is 0 Å². The fourth-order valence-electron chi connectivity index (χ4n) is 2.30. The van der Waals surface area contributed by atoms with Gasteiger partial charge in [0.1, 0.15) is 0 Å². The molecular formula is C15H26N2. The van der Waals surface area contributed by atoms with Crippen LogP contribution in [-0.4, -0.2) is 6.04 Å². The van der Waals surface area contributed by atoms with Crippen LogP contribution >= 0.6 is 0 Å². The van der Waals surface area contributed by atoms with Crippen molar-refractivity contribution in [2.75, 3.05) is 0 Å². The van der Waals surface area contributed by atoms with Gasteiger partial charge in [-0.05, 0) is 43.4 Å². The van der Waals surface area contributed by atoms with Crippen LogP contribution in [-0.2, 0) is 6.42 Å². The molecule has 0 amide bonds. The lowest BCUT2D eigenvalue weighted by Crippen LogP contribution is -2.37. The molecule has 0 saturated heterocycles. The second-order valence-corrected chi connectivity index (χ2v) is 4.93. The molecule has 2 nitrogen and oxygen atoms in total. The molecular weight excluding hydrogens is 208 g/mol. The van der Waals surface area contributed by atoms with Crippen molar-refractivity contribution in [2.45, 2.75) is 58.9 Å². The Balaban J connectivity index is 2.60. The minimum absolute atomic E-state index is 0.404. The molecule has 0 aliphatic carbocycles. The van der Waals surface area contributed by atoms with Gasteiger partial charge in [0.2, 0.25) is 0 Å². The number of benzene rings is 1. The van der Waals surface area contributed by atoms with E-state index in [-0.39, 0.29) is 0 Å². The van der Waals surface area contributed by atoms with Gasteiger partial charge in [-0.25, -0.2) is 0 Å². The molecule has 1 unspecified atom stereocenters.